The first-order valence-electron chi connectivity index (χ1n) is 8.97. The molecule has 0 aliphatic rings. The second kappa shape index (κ2) is 8.11. The van der Waals surface area contributed by atoms with Crippen molar-refractivity contribution >= 4 is 38.3 Å². The first-order valence-corrected chi connectivity index (χ1v) is 9.76. The molecular weight excluding hydrogens is 434 g/mol. The third kappa shape index (κ3) is 3.77. The van der Waals surface area contributed by atoms with Crippen molar-refractivity contribution in [2.45, 2.75) is 6.61 Å². The molecule has 0 aliphatic carbocycles. The molecule has 0 saturated heterocycles. The summed E-state index contributed by atoms with van der Waals surface area (Å²) in [5, 5.41) is 14.0. The first-order chi connectivity index (χ1) is 14.1. The average molecular weight is 452 g/mol. The summed E-state index contributed by atoms with van der Waals surface area (Å²) in [4.78, 5) is 12.9. The van der Waals surface area contributed by atoms with Crippen molar-refractivity contribution in [3.63, 3.8) is 0 Å². The number of aliphatic hydroxyl groups excluding tert-OH is 1. The van der Waals surface area contributed by atoms with Crippen LogP contribution in [0.1, 0.15) is 16.1 Å². The fourth-order valence-electron chi connectivity index (χ4n) is 3.19. The Balaban J connectivity index is 1.61. The van der Waals surface area contributed by atoms with Crippen LogP contribution in [0.5, 0.6) is 5.75 Å². The largest absolute Gasteiger partial charge is 0.495 e. The highest BCUT2D eigenvalue weighted by Gasteiger charge is 2.18. The molecule has 2 N–H and O–H groups in total. The number of anilines is 1. The maximum absolute atomic E-state index is 12.9. The number of halogens is 1. The van der Waals surface area contributed by atoms with Gasteiger partial charge in [0.2, 0.25) is 0 Å². The van der Waals surface area contributed by atoms with Crippen molar-refractivity contribution in [2.24, 2.45) is 0 Å². The van der Waals surface area contributed by atoms with Crippen molar-refractivity contribution in [1.82, 2.24) is 0 Å². The van der Waals surface area contributed by atoms with Crippen LogP contribution in [-0.4, -0.2) is 18.1 Å². The minimum Gasteiger partial charge on any atom is -0.495 e. The Morgan fingerprint density at radius 3 is 2.55 bits per heavy atom. The third-order valence-corrected chi connectivity index (χ3v) is 5.42. The van der Waals surface area contributed by atoms with Crippen molar-refractivity contribution in [2.75, 3.05) is 12.4 Å². The van der Waals surface area contributed by atoms with Crippen LogP contribution in [0.15, 0.2) is 75.6 Å². The van der Waals surface area contributed by atoms with E-state index in [1.165, 1.54) is 0 Å². The number of ether oxygens (including phenoxy) is 1. The molecule has 5 nitrogen and oxygen atoms in total. The number of nitrogens with one attached hydrogen (secondary N) is 1. The van der Waals surface area contributed by atoms with Gasteiger partial charge in [-0.3, -0.25) is 4.79 Å². The monoisotopic (exact) mass is 451 g/mol. The minimum atomic E-state index is -0.262. The number of benzene rings is 3. The lowest BCUT2D eigenvalue weighted by atomic mass is 10.0. The van der Waals surface area contributed by atoms with Crippen molar-refractivity contribution in [3.8, 4) is 17.1 Å². The molecule has 0 radical (unpaired) electrons. The van der Waals surface area contributed by atoms with Crippen LogP contribution in [0.25, 0.3) is 22.1 Å². The lowest BCUT2D eigenvalue weighted by Gasteiger charge is -2.13. The van der Waals surface area contributed by atoms with Gasteiger partial charge in [-0.25, -0.2) is 0 Å². The molecular formula is C23H18BrNO4. The van der Waals surface area contributed by atoms with Gasteiger partial charge in [0.25, 0.3) is 5.91 Å². The Labute approximate surface area is 176 Å². The van der Waals surface area contributed by atoms with Gasteiger partial charge in [-0.2, -0.15) is 0 Å². The van der Waals surface area contributed by atoms with E-state index in [9.17, 15) is 4.79 Å². The number of methoxy groups -OCH3 is 1. The number of furan rings is 1. The maximum Gasteiger partial charge on any atom is 0.259 e. The van der Waals surface area contributed by atoms with Crippen molar-refractivity contribution in [3.05, 3.63) is 82.5 Å². The first kappa shape index (κ1) is 19.2. The maximum atomic E-state index is 12.9. The number of amides is 1. The zero-order chi connectivity index (χ0) is 20.4. The molecule has 4 aromatic rings. The number of rotatable bonds is 5. The summed E-state index contributed by atoms with van der Waals surface area (Å²) in [5.41, 5.74) is 1.95. The van der Waals surface area contributed by atoms with Gasteiger partial charge in [-0.15, -0.1) is 0 Å². The molecule has 1 amide bonds. The fourth-order valence-corrected chi connectivity index (χ4v) is 3.92. The minimum absolute atomic E-state index is 0.142. The fraction of sp³-hybridized carbons (Fsp3) is 0.0870. The molecule has 0 spiro atoms. The molecule has 4 rings (SSSR count). The van der Waals surface area contributed by atoms with Crippen LogP contribution in [-0.2, 0) is 6.61 Å². The Hall–Kier alpha value is -3.09. The number of hydrogen-bond donors (Lipinski definition) is 2. The molecule has 1 aromatic heterocycles. The van der Waals surface area contributed by atoms with Crippen LogP contribution >= 0.6 is 15.9 Å². The molecule has 0 unspecified atom stereocenters. The van der Waals surface area contributed by atoms with Crippen LogP contribution in [0.4, 0.5) is 5.69 Å². The van der Waals surface area contributed by atoms with Gasteiger partial charge in [0.15, 0.2) is 0 Å². The summed E-state index contributed by atoms with van der Waals surface area (Å²) in [6.45, 7) is -0.142. The highest BCUT2D eigenvalue weighted by Crippen LogP contribution is 2.37. The highest BCUT2D eigenvalue weighted by molar-refractivity contribution is 9.10. The van der Waals surface area contributed by atoms with E-state index in [2.05, 4.69) is 21.2 Å². The topological polar surface area (TPSA) is 71.7 Å². The zero-order valence-electron chi connectivity index (χ0n) is 15.6. The van der Waals surface area contributed by atoms with E-state index in [-0.39, 0.29) is 12.5 Å². The summed E-state index contributed by atoms with van der Waals surface area (Å²) in [5.74, 6) is 1.39. The Morgan fingerprint density at radius 2 is 1.86 bits per heavy atom. The lowest BCUT2D eigenvalue weighted by Crippen LogP contribution is -2.13. The van der Waals surface area contributed by atoms with Gasteiger partial charge in [0.1, 0.15) is 23.9 Å². The smallest absolute Gasteiger partial charge is 0.259 e. The average Bonchev–Trinajstić information content (AvgIpc) is 3.23. The van der Waals surface area contributed by atoms with Crippen molar-refractivity contribution in [1.29, 1.82) is 0 Å². The van der Waals surface area contributed by atoms with Crippen LogP contribution < -0.4 is 10.1 Å². The van der Waals surface area contributed by atoms with E-state index in [4.69, 9.17) is 14.3 Å². The summed E-state index contributed by atoms with van der Waals surface area (Å²) < 4.78 is 11.8. The van der Waals surface area contributed by atoms with E-state index in [1.54, 1.807) is 31.4 Å². The summed E-state index contributed by atoms with van der Waals surface area (Å²) in [6, 6.07) is 20.5. The molecule has 29 heavy (non-hydrogen) atoms. The summed E-state index contributed by atoms with van der Waals surface area (Å²) in [6.07, 6.45) is 0. The van der Waals surface area contributed by atoms with Crippen LogP contribution in [0.3, 0.4) is 0 Å². The van der Waals surface area contributed by atoms with Crippen molar-refractivity contribution < 1.29 is 19.1 Å². The number of carbonyl (C=O) groups excluding carboxylic acids is 1. The van der Waals surface area contributed by atoms with E-state index in [0.717, 1.165) is 20.8 Å². The van der Waals surface area contributed by atoms with Gasteiger partial charge in [0, 0.05) is 11.3 Å². The molecule has 146 valence electrons. The van der Waals surface area contributed by atoms with Gasteiger partial charge in [-0.05, 0) is 69.2 Å². The molecule has 0 atom stereocenters. The number of carbonyl (C=O) groups is 1. The molecule has 3 aromatic carbocycles. The lowest BCUT2D eigenvalue weighted by molar-refractivity contribution is 0.102. The predicted octanol–water partition coefficient (Wildman–Crippen LogP) is 5.62. The van der Waals surface area contributed by atoms with Gasteiger partial charge < -0.3 is 19.6 Å². The predicted molar refractivity (Wildman–Crippen MR) is 116 cm³/mol. The second-order valence-electron chi connectivity index (χ2n) is 6.45. The Bertz CT molecular complexity index is 1180. The number of fused-ring (bicyclic) bond motifs is 1. The van der Waals surface area contributed by atoms with E-state index < -0.39 is 0 Å². The van der Waals surface area contributed by atoms with E-state index in [0.29, 0.717) is 28.5 Å². The van der Waals surface area contributed by atoms with E-state index in [1.807, 2.05) is 42.5 Å². The number of hydrogen-bond acceptors (Lipinski definition) is 4. The van der Waals surface area contributed by atoms with E-state index >= 15 is 0 Å². The van der Waals surface area contributed by atoms with Crippen LogP contribution in [0.2, 0.25) is 0 Å². The normalized spacial score (nSPS) is 10.9. The summed E-state index contributed by atoms with van der Waals surface area (Å²) >= 11 is 3.56. The Morgan fingerprint density at radius 1 is 1.10 bits per heavy atom. The van der Waals surface area contributed by atoms with Gasteiger partial charge >= 0.3 is 0 Å². The zero-order valence-corrected chi connectivity index (χ0v) is 17.2. The quantitative estimate of drug-likeness (QED) is 0.413. The summed E-state index contributed by atoms with van der Waals surface area (Å²) in [7, 11) is 1.55. The molecule has 1 heterocycles. The third-order valence-electron chi connectivity index (χ3n) is 4.63. The standard InChI is InChI=1S/C23H18BrNO4/c1-28-22-19(12-15-4-2-3-5-18(15)21(22)24)23(27)25-16-8-6-14(7-9-16)20-11-10-17(13-26)29-20/h2-12,26H,13H2,1H3,(H,25,27). The van der Waals surface area contributed by atoms with Crippen LogP contribution in [0, 0.1) is 0 Å². The molecule has 0 saturated carbocycles. The molecule has 6 heteroatoms. The highest BCUT2D eigenvalue weighted by atomic mass is 79.9. The SMILES string of the molecule is COc1c(C(=O)Nc2ccc(-c3ccc(CO)o3)cc2)cc2ccccc2c1Br. The Kier molecular flexibility index (Phi) is 5.38. The second-order valence-corrected chi connectivity index (χ2v) is 7.24. The molecule has 0 fully saturated rings. The molecule has 0 aliphatic heterocycles. The van der Waals surface area contributed by atoms with Gasteiger partial charge in [-0.1, -0.05) is 24.3 Å². The number of aliphatic hydroxyl groups is 1. The molecule has 0 bridgehead atoms. The van der Waals surface area contributed by atoms with Gasteiger partial charge in [0.05, 0.1) is 17.1 Å².